The Morgan fingerprint density at radius 1 is 1.23 bits per heavy atom. The molecule has 0 saturated carbocycles. The normalized spacial score (nSPS) is 19.0. The Balaban J connectivity index is 1.43. The minimum Gasteiger partial charge on any atom is -0.377 e. The molecular formula is C26H26F3N5O4S2. The molecule has 14 heteroatoms. The molecule has 0 spiro atoms. The van der Waals surface area contributed by atoms with E-state index in [1.54, 1.807) is 0 Å². The lowest BCUT2D eigenvalue weighted by atomic mass is 9.96. The van der Waals surface area contributed by atoms with Gasteiger partial charge in [-0.1, -0.05) is 13.0 Å². The molecule has 9 nitrogen and oxygen atoms in total. The molecule has 1 fully saturated rings. The summed E-state index contributed by atoms with van der Waals surface area (Å²) in [6.07, 6.45) is -2.54. The second-order valence-electron chi connectivity index (χ2n) is 9.95. The van der Waals surface area contributed by atoms with Crippen LogP contribution in [0.3, 0.4) is 0 Å². The van der Waals surface area contributed by atoms with Crippen molar-refractivity contribution in [2.75, 3.05) is 37.4 Å². The molecule has 212 valence electrons. The van der Waals surface area contributed by atoms with Crippen LogP contribution in [0.5, 0.6) is 0 Å². The van der Waals surface area contributed by atoms with Gasteiger partial charge in [0.25, 0.3) is 5.91 Å². The number of aromatic nitrogens is 2. The predicted octanol–water partition coefficient (Wildman–Crippen LogP) is 3.80. The van der Waals surface area contributed by atoms with Gasteiger partial charge in [0.2, 0.25) is 5.95 Å². The quantitative estimate of drug-likeness (QED) is 0.460. The monoisotopic (exact) mass is 593 g/mol. The summed E-state index contributed by atoms with van der Waals surface area (Å²) in [5, 5.41) is 6.39. The highest BCUT2D eigenvalue weighted by atomic mass is 32.2. The van der Waals surface area contributed by atoms with Crippen LogP contribution in [0.1, 0.15) is 38.8 Å². The summed E-state index contributed by atoms with van der Waals surface area (Å²) in [5.41, 5.74) is 2.38. The summed E-state index contributed by atoms with van der Waals surface area (Å²) in [7, 11) is -3.91. The summed E-state index contributed by atoms with van der Waals surface area (Å²) >= 11 is 0.702. The lowest BCUT2D eigenvalue weighted by Crippen LogP contribution is -2.52. The van der Waals surface area contributed by atoms with E-state index in [1.807, 2.05) is 13.0 Å². The molecule has 0 atom stereocenters. The van der Waals surface area contributed by atoms with Gasteiger partial charge in [-0.3, -0.25) is 4.79 Å². The predicted molar refractivity (Wildman–Crippen MR) is 143 cm³/mol. The molecule has 1 saturated heterocycles. The number of carbonyl (C=O) groups is 1. The Morgan fingerprint density at radius 3 is 2.73 bits per heavy atom. The third-order valence-corrected chi connectivity index (χ3v) is 10.4. The number of alkyl halides is 3. The first-order valence-corrected chi connectivity index (χ1v) is 15.3. The van der Waals surface area contributed by atoms with Crippen molar-refractivity contribution < 1.29 is 31.1 Å². The van der Waals surface area contributed by atoms with Crippen LogP contribution in [0, 0.1) is 0 Å². The standard InChI is InChI=1S/C26H26F3N5O4S2/c1-2-14-7-15-3-4-30-10-16(15)8-19(14)32-25-31-11-18(26(27,28)29)22(33-25)20-9-21-23(39-20)24(35)34(17-12-38-13-17)5-6-40(21,36)37/h7-9,11,17,30H,2-6,10,12-13H2,1H3,(H,31,32,33). The van der Waals surface area contributed by atoms with Gasteiger partial charge in [0.1, 0.15) is 10.4 Å². The second kappa shape index (κ2) is 10.1. The summed E-state index contributed by atoms with van der Waals surface area (Å²) in [5.74, 6) is -0.919. The fraction of sp³-hybridized carbons (Fsp3) is 0.423. The van der Waals surface area contributed by atoms with Crippen molar-refractivity contribution in [2.24, 2.45) is 0 Å². The number of nitrogens with one attached hydrogen (secondary N) is 2. The van der Waals surface area contributed by atoms with Gasteiger partial charge in [-0.05, 0) is 48.2 Å². The fourth-order valence-electron chi connectivity index (χ4n) is 5.13. The maximum absolute atomic E-state index is 14.1. The van der Waals surface area contributed by atoms with Gasteiger partial charge < -0.3 is 20.3 Å². The minimum absolute atomic E-state index is 0.00262. The van der Waals surface area contributed by atoms with Crippen LogP contribution in [0.25, 0.3) is 10.6 Å². The fourth-order valence-corrected chi connectivity index (χ4v) is 8.05. The highest BCUT2D eigenvalue weighted by Crippen LogP contribution is 2.42. The van der Waals surface area contributed by atoms with Crippen LogP contribution in [-0.2, 0) is 40.1 Å². The number of nitrogens with zero attached hydrogens (tertiary/aromatic N) is 3. The molecule has 2 N–H and O–H groups in total. The first kappa shape index (κ1) is 27.1. The average Bonchev–Trinajstić information content (AvgIpc) is 3.32. The highest BCUT2D eigenvalue weighted by Gasteiger charge is 2.41. The van der Waals surface area contributed by atoms with Crippen molar-refractivity contribution in [1.82, 2.24) is 20.2 Å². The Hall–Kier alpha value is -3.07. The van der Waals surface area contributed by atoms with E-state index in [1.165, 1.54) is 10.5 Å². The Bertz CT molecular complexity index is 1600. The lowest BCUT2D eigenvalue weighted by Gasteiger charge is -2.36. The lowest BCUT2D eigenvalue weighted by molar-refractivity contribution is -0.137. The number of carbonyl (C=O) groups excluding carboxylic acids is 1. The molecule has 0 unspecified atom stereocenters. The molecule has 40 heavy (non-hydrogen) atoms. The number of ether oxygens (including phenoxy) is 1. The van der Waals surface area contributed by atoms with Gasteiger partial charge in [0, 0.05) is 25.0 Å². The Kier molecular flexibility index (Phi) is 6.84. The Labute approximate surface area is 232 Å². The molecule has 5 heterocycles. The van der Waals surface area contributed by atoms with Crippen molar-refractivity contribution in [3.05, 3.63) is 51.5 Å². The van der Waals surface area contributed by atoms with E-state index in [9.17, 15) is 26.4 Å². The van der Waals surface area contributed by atoms with E-state index < -0.39 is 33.2 Å². The van der Waals surface area contributed by atoms with E-state index in [2.05, 4.69) is 26.7 Å². The van der Waals surface area contributed by atoms with Crippen molar-refractivity contribution in [1.29, 1.82) is 0 Å². The van der Waals surface area contributed by atoms with E-state index in [0.717, 1.165) is 30.2 Å². The van der Waals surface area contributed by atoms with Gasteiger partial charge in [-0.15, -0.1) is 11.3 Å². The minimum atomic E-state index is -4.81. The number of amides is 1. The van der Waals surface area contributed by atoms with E-state index in [0.29, 0.717) is 36.2 Å². The smallest absolute Gasteiger partial charge is 0.377 e. The van der Waals surface area contributed by atoms with Crippen LogP contribution < -0.4 is 10.6 Å². The molecule has 2 aromatic heterocycles. The number of anilines is 2. The van der Waals surface area contributed by atoms with Crippen LogP contribution in [-0.4, -0.2) is 67.3 Å². The molecule has 3 aliphatic heterocycles. The van der Waals surface area contributed by atoms with E-state index in [4.69, 9.17) is 4.74 Å². The van der Waals surface area contributed by atoms with Crippen LogP contribution >= 0.6 is 11.3 Å². The van der Waals surface area contributed by atoms with Crippen molar-refractivity contribution >= 4 is 38.7 Å². The number of thiophene rings is 1. The van der Waals surface area contributed by atoms with Crippen molar-refractivity contribution in [3.8, 4) is 10.6 Å². The molecule has 3 aliphatic rings. The summed E-state index contributed by atoms with van der Waals surface area (Å²) in [6.45, 7) is 4.12. The first-order valence-electron chi connectivity index (χ1n) is 12.9. The summed E-state index contributed by atoms with van der Waals surface area (Å²) in [6, 6.07) is 4.92. The van der Waals surface area contributed by atoms with Gasteiger partial charge in [0.05, 0.1) is 40.5 Å². The molecule has 1 aromatic carbocycles. The summed E-state index contributed by atoms with van der Waals surface area (Å²) < 4.78 is 73.5. The molecule has 0 aliphatic carbocycles. The Morgan fingerprint density at radius 2 is 2.02 bits per heavy atom. The van der Waals surface area contributed by atoms with Gasteiger partial charge in [-0.2, -0.15) is 13.2 Å². The third-order valence-electron chi connectivity index (χ3n) is 7.42. The largest absolute Gasteiger partial charge is 0.420 e. The highest BCUT2D eigenvalue weighted by molar-refractivity contribution is 7.91. The van der Waals surface area contributed by atoms with Gasteiger partial charge in [-0.25, -0.2) is 18.4 Å². The molecule has 3 aromatic rings. The summed E-state index contributed by atoms with van der Waals surface area (Å²) in [4.78, 5) is 22.5. The molecule has 0 bridgehead atoms. The van der Waals surface area contributed by atoms with Crippen LogP contribution in [0.15, 0.2) is 29.3 Å². The first-order chi connectivity index (χ1) is 19.0. The number of hydrogen-bond donors (Lipinski definition) is 2. The zero-order chi connectivity index (χ0) is 28.2. The topological polar surface area (TPSA) is 114 Å². The second-order valence-corrected chi connectivity index (χ2v) is 13.1. The zero-order valence-electron chi connectivity index (χ0n) is 21.5. The van der Waals surface area contributed by atoms with Crippen LogP contribution in [0.4, 0.5) is 24.8 Å². The van der Waals surface area contributed by atoms with Crippen LogP contribution in [0.2, 0.25) is 0 Å². The maximum Gasteiger partial charge on any atom is 0.420 e. The maximum atomic E-state index is 14.1. The third kappa shape index (κ3) is 4.86. The van der Waals surface area contributed by atoms with Gasteiger partial charge >= 0.3 is 6.18 Å². The van der Waals surface area contributed by atoms with Crippen molar-refractivity contribution in [3.63, 3.8) is 0 Å². The number of fused-ring (bicyclic) bond motifs is 2. The number of halogens is 3. The molecule has 6 rings (SSSR count). The number of rotatable bonds is 5. The molecular weight excluding hydrogens is 567 g/mol. The zero-order valence-corrected chi connectivity index (χ0v) is 23.1. The number of sulfone groups is 1. The molecule has 0 radical (unpaired) electrons. The average molecular weight is 594 g/mol. The van der Waals surface area contributed by atoms with E-state index >= 15 is 0 Å². The van der Waals surface area contributed by atoms with Gasteiger partial charge in [0.15, 0.2) is 9.84 Å². The number of benzene rings is 1. The van der Waals surface area contributed by atoms with Crippen molar-refractivity contribution in [2.45, 2.75) is 43.4 Å². The molecule has 1 amide bonds. The number of hydrogen-bond acceptors (Lipinski definition) is 9. The number of aryl methyl sites for hydroxylation is 1. The SMILES string of the molecule is CCc1cc2c(cc1Nc1ncc(C(F)(F)F)c(-c3cc4c(s3)C(=O)N(C3COC3)CCS4(=O)=O)n1)CNCC2. The van der Waals surface area contributed by atoms with E-state index in [-0.39, 0.29) is 52.2 Å².